The van der Waals surface area contributed by atoms with Gasteiger partial charge in [0.25, 0.3) is 0 Å². The lowest BCUT2D eigenvalue weighted by molar-refractivity contribution is -0.119. The number of nitrogens with zero attached hydrogens (tertiary/aromatic N) is 2. The Morgan fingerprint density at radius 2 is 2.23 bits per heavy atom. The van der Waals surface area contributed by atoms with Crippen LogP contribution in [0.4, 0.5) is 0 Å². The van der Waals surface area contributed by atoms with Gasteiger partial charge in [0.2, 0.25) is 5.91 Å². The molecule has 0 unspecified atom stereocenters. The highest BCUT2D eigenvalue weighted by atomic mass is 32.2. The number of nitriles is 1. The maximum absolute atomic E-state index is 11.9. The zero-order valence-electron chi connectivity index (χ0n) is 13.0. The Hall–Kier alpha value is -2.06. The van der Waals surface area contributed by atoms with Crippen molar-refractivity contribution in [1.29, 1.82) is 5.26 Å². The number of rotatable bonds is 5. The summed E-state index contributed by atoms with van der Waals surface area (Å²) in [6.07, 6.45) is 0.896. The molecule has 0 spiro atoms. The predicted octanol–water partition coefficient (Wildman–Crippen LogP) is 3.42. The van der Waals surface area contributed by atoms with Gasteiger partial charge in [0.05, 0.1) is 16.8 Å². The van der Waals surface area contributed by atoms with Crippen molar-refractivity contribution < 1.29 is 4.79 Å². The first kappa shape index (κ1) is 16.3. The molecule has 1 aromatic carbocycles. The molecule has 0 bridgehead atoms. The smallest absolute Gasteiger partial charge is 0.230 e. The lowest BCUT2D eigenvalue weighted by atomic mass is 10.1. The third kappa shape index (κ3) is 3.99. The summed E-state index contributed by atoms with van der Waals surface area (Å²) in [5.74, 6) is 0.234. The summed E-state index contributed by atoms with van der Waals surface area (Å²) in [5.41, 5.74) is 2.48. The second-order valence-corrected chi connectivity index (χ2v) is 6.28. The van der Waals surface area contributed by atoms with E-state index in [1.165, 1.54) is 11.8 Å². The van der Waals surface area contributed by atoms with E-state index in [0.717, 1.165) is 22.9 Å². The number of nitrogens with one attached hydrogen (secondary N) is 1. The molecule has 2 aromatic rings. The van der Waals surface area contributed by atoms with Crippen LogP contribution in [0.25, 0.3) is 10.9 Å². The maximum atomic E-state index is 11.9. The lowest BCUT2D eigenvalue weighted by Gasteiger charge is -2.11. The minimum absolute atomic E-state index is 0.0330. The second-order valence-electron chi connectivity index (χ2n) is 5.31. The van der Waals surface area contributed by atoms with Crippen LogP contribution < -0.4 is 5.32 Å². The fraction of sp³-hybridized carbons (Fsp3) is 0.353. The van der Waals surface area contributed by atoms with E-state index in [9.17, 15) is 10.1 Å². The van der Waals surface area contributed by atoms with Gasteiger partial charge in [-0.3, -0.25) is 4.79 Å². The maximum Gasteiger partial charge on any atom is 0.230 e. The molecule has 2 rings (SSSR count). The van der Waals surface area contributed by atoms with E-state index >= 15 is 0 Å². The van der Waals surface area contributed by atoms with Gasteiger partial charge >= 0.3 is 0 Å². The van der Waals surface area contributed by atoms with Crippen LogP contribution in [0.1, 0.15) is 31.4 Å². The molecule has 0 aliphatic rings. The van der Waals surface area contributed by atoms with E-state index in [-0.39, 0.29) is 17.7 Å². The first-order valence-corrected chi connectivity index (χ1v) is 8.25. The Bertz CT molecular complexity index is 736. The number of hydrogen-bond acceptors (Lipinski definition) is 4. The van der Waals surface area contributed by atoms with Crippen molar-refractivity contribution in [1.82, 2.24) is 10.3 Å². The molecular formula is C17H19N3OS. The van der Waals surface area contributed by atoms with Gasteiger partial charge < -0.3 is 5.32 Å². The summed E-state index contributed by atoms with van der Waals surface area (Å²) < 4.78 is 0. The molecule has 1 aromatic heterocycles. The summed E-state index contributed by atoms with van der Waals surface area (Å²) in [7, 11) is 0. The number of hydrogen-bond donors (Lipinski definition) is 1. The molecule has 1 N–H and O–H groups in total. The normalized spacial score (nSPS) is 11.9. The van der Waals surface area contributed by atoms with Crippen molar-refractivity contribution in [3.05, 3.63) is 35.4 Å². The van der Waals surface area contributed by atoms with Crippen molar-refractivity contribution >= 4 is 28.6 Å². The summed E-state index contributed by atoms with van der Waals surface area (Å²) in [4.78, 5) is 16.4. The number of aromatic nitrogens is 1. The van der Waals surface area contributed by atoms with Crippen LogP contribution in [-0.2, 0) is 4.79 Å². The van der Waals surface area contributed by atoms with Gasteiger partial charge in [0.15, 0.2) is 0 Å². The SMILES string of the molecule is CC[C@H](C)NC(=O)CSc1nc2cc(C)ccc2cc1C#N. The average Bonchev–Trinajstić information content (AvgIpc) is 2.51. The molecule has 5 heteroatoms. The van der Waals surface area contributed by atoms with Gasteiger partial charge in [-0.2, -0.15) is 5.26 Å². The quantitative estimate of drug-likeness (QED) is 0.859. The Balaban J connectivity index is 2.19. The summed E-state index contributed by atoms with van der Waals surface area (Å²) in [5, 5.41) is 13.7. The molecule has 22 heavy (non-hydrogen) atoms. The molecule has 0 aliphatic heterocycles. The Kier molecular flexibility index (Phi) is 5.40. The van der Waals surface area contributed by atoms with Gasteiger partial charge in [0, 0.05) is 11.4 Å². The van der Waals surface area contributed by atoms with Crippen LogP contribution in [0.3, 0.4) is 0 Å². The molecule has 114 valence electrons. The topological polar surface area (TPSA) is 65.8 Å². The number of carbonyl (C=O) groups excluding carboxylic acids is 1. The van der Waals surface area contributed by atoms with Crippen molar-refractivity contribution in [3.8, 4) is 6.07 Å². The lowest BCUT2D eigenvalue weighted by Crippen LogP contribution is -2.33. The third-order valence-electron chi connectivity index (χ3n) is 3.42. The first-order valence-electron chi connectivity index (χ1n) is 7.27. The molecule has 0 aliphatic carbocycles. The van der Waals surface area contributed by atoms with Gasteiger partial charge in [-0.1, -0.05) is 30.8 Å². The predicted molar refractivity (Wildman–Crippen MR) is 89.8 cm³/mol. The highest BCUT2D eigenvalue weighted by molar-refractivity contribution is 8.00. The molecule has 0 radical (unpaired) electrons. The monoisotopic (exact) mass is 313 g/mol. The molecule has 1 heterocycles. The minimum atomic E-state index is -0.0330. The largest absolute Gasteiger partial charge is 0.353 e. The van der Waals surface area contributed by atoms with Gasteiger partial charge in [-0.05, 0) is 38.0 Å². The van der Waals surface area contributed by atoms with Crippen LogP contribution >= 0.6 is 11.8 Å². The van der Waals surface area contributed by atoms with Crippen LogP contribution in [0, 0.1) is 18.3 Å². The number of benzene rings is 1. The van der Waals surface area contributed by atoms with E-state index in [1.807, 2.05) is 45.0 Å². The molecular weight excluding hydrogens is 294 g/mol. The van der Waals surface area contributed by atoms with Crippen molar-refractivity contribution in [3.63, 3.8) is 0 Å². The van der Waals surface area contributed by atoms with Gasteiger partial charge in [-0.25, -0.2) is 4.98 Å². The second kappa shape index (κ2) is 7.28. The zero-order chi connectivity index (χ0) is 16.1. The third-order valence-corrected chi connectivity index (χ3v) is 4.41. The van der Waals surface area contributed by atoms with Crippen molar-refractivity contribution in [2.75, 3.05) is 5.75 Å². The van der Waals surface area contributed by atoms with Crippen LogP contribution in [-0.4, -0.2) is 22.7 Å². The number of carbonyl (C=O) groups is 1. The van der Waals surface area contributed by atoms with Crippen LogP contribution in [0.5, 0.6) is 0 Å². The molecule has 1 amide bonds. The Morgan fingerprint density at radius 1 is 1.45 bits per heavy atom. The van der Waals surface area contributed by atoms with Crippen molar-refractivity contribution in [2.24, 2.45) is 0 Å². The number of thioether (sulfide) groups is 1. The van der Waals surface area contributed by atoms with E-state index in [4.69, 9.17) is 0 Å². The van der Waals surface area contributed by atoms with E-state index in [2.05, 4.69) is 16.4 Å². The molecule has 4 nitrogen and oxygen atoms in total. The molecule has 0 saturated heterocycles. The highest BCUT2D eigenvalue weighted by Crippen LogP contribution is 2.25. The number of pyridine rings is 1. The van der Waals surface area contributed by atoms with Gasteiger partial charge in [0.1, 0.15) is 11.1 Å². The first-order chi connectivity index (χ1) is 10.5. The van der Waals surface area contributed by atoms with Crippen molar-refractivity contribution in [2.45, 2.75) is 38.3 Å². The number of aryl methyl sites for hydroxylation is 1. The Labute approximate surface area is 134 Å². The summed E-state index contributed by atoms with van der Waals surface area (Å²) >= 11 is 1.31. The zero-order valence-corrected chi connectivity index (χ0v) is 13.8. The fourth-order valence-corrected chi connectivity index (χ4v) is 2.78. The van der Waals surface area contributed by atoms with Gasteiger partial charge in [-0.15, -0.1) is 0 Å². The molecule has 0 saturated carbocycles. The summed E-state index contributed by atoms with van der Waals surface area (Å²) in [6.45, 7) is 6.01. The van der Waals surface area contributed by atoms with Crippen LogP contribution in [0.15, 0.2) is 29.3 Å². The molecule has 0 fully saturated rings. The standard InChI is InChI=1S/C17H19N3OS/c1-4-12(3)19-16(21)10-22-17-14(9-18)8-13-6-5-11(2)7-15(13)20-17/h5-8,12H,4,10H2,1-3H3,(H,19,21)/t12-/m0/s1. The molecule has 1 atom stereocenters. The Morgan fingerprint density at radius 3 is 2.91 bits per heavy atom. The number of amides is 1. The summed E-state index contributed by atoms with van der Waals surface area (Å²) in [6, 6.07) is 10.1. The number of fused-ring (bicyclic) bond motifs is 1. The van der Waals surface area contributed by atoms with E-state index in [1.54, 1.807) is 0 Å². The average molecular weight is 313 g/mol. The van der Waals surface area contributed by atoms with E-state index in [0.29, 0.717) is 10.6 Å². The fourth-order valence-electron chi connectivity index (χ4n) is 2.00. The van der Waals surface area contributed by atoms with E-state index < -0.39 is 0 Å². The highest BCUT2D eigenvalue weighted by Gasteiger charge is 2.11. The minimum Gasteiger partial charge on any atom is -0.353 e. The van der Waals surface area contributed by atoms with Crippen LogP contribution in [0.2, 0.25) is 0 Å².